The molecule has 1 aromatic heterocycles. The summed E-state index contributed by atoms with van der Waals surface area (Å²) < 4.78 is 14.3. The number of carboxylic acid groups (broad SMARTS) is 1. The van der Waals surface area contributed by atoms with Gasteiger partial charge in [-0.15, -0.1) is 5.10 Å². The van der Waals surface area contributed by atoms with E-state index in [1.807, 2.05) is 0 Å². The third kappa shape index (κ3) is 3.60. The topological polar surface area (TPSA) is 123 Å². The lowest BCUT2D eigenvalue weighted by Crippen LogP contribution is -2.20. The van der Waals surface area contributed by atoms with E-state index in [-0.39, 0.29) is 24.3 Å². The maximum Gasteiger partial charge on any atom is 0.337 e. The second kappa shape index (κ2) is 6.09. The van der Waals surface area contributed by atoms with Gasteiger partial charge in [0.15, 0.2) is 0 Å². The van der Waals surface area contributed by atoms with Gasteiger partial charge in [-0.25, -0.2) is 13.9 Å². The fourth-order valence-electron chi connectivity index (χ4n) is 1.65. The monoisotopic (exact) mass is 293 g/mol. The SMILES string of the molecule is NCc1cn(CC(=O)Nc2ccc(F)cc2C(=O)O)nn1. The molecule has 0 spiro atoms. The van der Waals surface area contributed by atoms with Gasteiger partial charge in [-0.2, -0.15) is 0 Å². The summed E-state index contributed by atoms with van der Waals surface area (Å²) in [4.78, 5) is 22.8. The summed E-state index contributed by atoms with van der Waals surface area (Å²) in [5.74, 6) is -2.55. The lowest BCUT2D eigenvalue weighted by molar-refractivity contribution is -0.116. The summed E-state index contributed by atoms with van der Waals surface area (Å²) >= 11 is 0. The number of nitrogens with zero attached hydrogens (tertiary/aromatic N) is 3. The van der Waals surface area contributed by atoms with E-state index in [2.05, 4.69) is 15.6 Å². The third-order valence-corrected chi connectivity index (χ3v) is 2.59. The van der Waals surface area contributed by atoms with Crippen molar-refractivity contribution in [3.63, 3.8) is 0 Å². The molecule has 1 amide bonds. The molecule has 1 heterocycles. The summed E-state index contributed by atoms with van der Waals surface area (Å²) in [6, 6.07) is 3.08. The van der Waals surface area contributed by atoms with E-state index in [4.69, 9.17) is 10.8 Å². The first-order chi connectivity index (χ1) is 9.99. The second-order valence-electron chi connectivity index (χ2n) is 4.15. The molecule has 1 aromatic carbocycles. The van der Waals surface area contributed by atoms with Crippen LogP contribution in [0, 0.1) is 5.82 Å². The van der Waals surface area contributed by atoms with Crippen LogP contribution in [0.15, 0.2) is 24.4 Å². The van der Waals surface area contributed by atoms with Crippen LogP contribution < -0.4 is 11.1 Å². The number of nitrogens with two attached hydrogens (primary N) is 1. The predicted molar refractivity (Wildman–Crippen MR) is 69.9 cm³/mol. The summed E-state index contributed by atoms with van der Waals surface area (Å²) in [6.45, 7) is 0.0339. The van der Waals surface area contributed by atoms with Gasteiger partial charge in [-0.05, 0) is 18.2 Å². The molecule has 0 atom stereocenters. The molecule has 0 fully saturated rings. The zero-order valence-electron chi connectivity index (χ0n) is 10.8. The molecular formula is C12H12FN5O3. The van der Waals surface area contributed by atoms with Crippen LogP contribution in [0.3, 0.4) is 0 Å². The van der Waals surface area contributed by atoms with Crippen molar-refractivity contribution in [3.05, 3.63) is 41.5 Å². The number of halogens is 1. The van der Waals surface area contributed by atoms with Crippen molar-refractivity contribution >= 4 is 17.6 Å². The molecule has 9 heteroatoms. The number of nitrogens with one attached hydrogen (secondary N) is 1. The van der Waals surface area contributed by atoms with Gasteiger partial charge in [0, 0.05) is 6.54 Å². The van der Waals surface area contributed by atoms with E-state index in [0.29, 0.717) is 5.69 Å². The molecule has 0 aliphatic heterocycles. The minimum absolute atomic E-state index is 0.00747. The summed E-state index contributed by atoms with van der Waals surface area (Å²) in [5, 5.41) is 18.8. The molecule has 0 saturated carbocycles. The largest absolute Gasteiger partial charge is 0.478 e. The average molecular weight is 293 g/mol. The van der Waals surface area contributed by atoms with E-state index in [0.717, 1.165) is 12.1 Å². The molecule has 2 rings (SSSR count). The average Bonchev–Trinajstić information content (AvgIpc) is 2.88. The van der Waals surface area contributed by atoms with E-state index >= 15 is 0 Å². The van der Waals surface area contributed by atoms with E-state index in [1.54, 1.807) is 0 Å². The molecule has 21 heavy (non-hydrogen) atoms. The number of aromatic carboxylic acids is 1. The highest BCUT2D eigenvalue weighted by Crippen LogP contribution is 2.17. The van der Waals surface area contributed by atoms with Crippen molar-refractivity contribution < 1.29 is 19.1 Å². The fraction of sp³-hybridized carbons (Fsp3) is 0.167. The Kier molecular flexibility index (Phi) is 4.24. The Morgan fingerprint density at radius 1 is 1.43 bits per heavy atom. The first kappa shape index (κ1) is 14.6. The number of benzene rings is 1. The van der Waals surface area contributed by atoms with Crippen LogP contribution in [0.25, 0.3) is 0 Å². The number of carbonyl (C=O) groups is 2. The van der Waals surface area contributed by atoms with Gasteiger partial charge in [0.25, 0.3) is 0 Å². The fourth-order valence-corrected chi connectivity index (χ4v) is 1.65. The van der Waals surface area contributed by atoms with Crippen LogP contribution in [0.5, 0.6) is 0 Å². The second-order valence-corrected chi connectivity index (χ2v) is 4.15. The standard InChI is InChI=1S/C12H12FN5O3/c13-7-1-2-10(9(3-7)12(20)21)15-11(19)6-18-5-8(4-14)16-17-18/h1-3,5H,4,6,14H2,(H,15,19)(H,20,21). The van der Waals surface area contributed by atoms with Crippen LogP contribution in [0.1, 0.15) is 16.1 Å². The Morgan fingerprint density at radius 3 is 2.81 bits per heavy atom. The van der Waals surface area contributed by atoms with Crippen molar-refractivity contribution in [2.75, 3.05) is 5.32 Å². The number of aromatic nitrogens is 3. The Morgan fingerprint density at radius 2 is 2.19 bits per heavy atom. The number of hydrogen-bond donors (Lipinski definition) is 3. The number of carboxylic acids is 1. The van der Waals surface area contributed by atoms with Crippen molar-refractivity contribution in [2.24, 2.45) is 5.73 Å². The molecule has 0 unspecified atom stereocenters. The van der Waals surface area contributed by atoms with Gasteiger partial charge < -0.3 is 16.2 Å². The van der Waals surface area contributed by atoms with Gasteiger partial charge in [-0.1, -0.05) is 5.21 Å². The highest BCUT2D eigenvalue weighted by atomic mass is 19.1. The van der Waals surface area contributed by atoms with E-state index in [1.165, 1.54) is 16.9 Å². The predicted octanol–water partition coefficient (Wildman–Crippen LogP) is 0.213. The Hall–Kier alpha value is -2.81. The Balaban J connectivity index is 2.10. The zero-order chi connectivity index (χ0) is 15.4. The van der Waals surface area contributed by atoms with Crippen molar-refractivity contribution in [2.45, 2.75) is 13.1 Å². The maximum atomic E-state index is 13.0. The van der Waals surface area contributed by atoms with Crippen molar-refractivity contribution in [1.82, 2.24) is 15.0 Å². The molecular weight excluding hydrogens is 281 g/mol. The van der Waals surface area contributed by atoms with Gasteiger partial charge in [0.05, 0.1) is 23.1 Å². The normalized spacial score (nSPS) is 10.4. The molecule has 0 aliphatic carbocycles. The maximum absolute atomic E-state index is 13.0. The molecule has 4 N–H and O–H groups in total. The Bertz CT molecular complexity index is 685. The van der Waals surface area contributed by atoms with Crippen LogP contribution in [-0.4, -0.2) is 32.0 Å². The molecule has 0 saturated heterocycles. The van der Waals surface area contributed by atoms with Gasteiger partial charge >= 0.3 is 5.97 Å². The number of amides is 1. The Labute approximate surface area is 118 Å². The molecule has 0 aliphatic rings. The summed E-state index contributed by atoms with van der Waals surface area (Å²) in [5.41, 5.74) is 5.57. The first-order valence-corrected chi connectivity index (χ1v) is 5.91. The molecule has 2 aromatic rings. The molecule has 0 bridgehead atoms. The van der Waals surface area contributed by atoms with Gasteiger partial charge in [0.2, 0.25) is 5.91 Å². The van der Waals surface area contributed by atoms with Crippen LogP contribution in [0.2, 0.25) is 0 Å². The number of anilines is 1. The smallest absolute Gasteiger partial charge is 0.337 e. The van der Waals surface area contributed by atoms with Crippen LogP contribution >= 0.6 is 0 Å². The summed E-state index contributed by atoms with van der Waals surface area (Å²) in [6.07, 6.45) is 1.50. The third-order valence-electron chi connectivity index (χ3n) is 2.59. The van der Waals surface area contributed by atoms with Crippen molar-refractivity contribution in [1.29, 1.82) is 0 Å². The lowest BCUT2D eigenvalue weighted by Gasteiger charge is -2.08. The summed E-state index contributed by atoms with van der Waals surface area (Å²) in [7, 11) is 0. The molecule has 110 valence electrons. The first-order valence-electron chi connectivity index (χ1n) is 5.91. The van der Waals surface area contributed by atoms with Crippen LogP contribution in [-0.2, 0) is 17.9 Å². The van der Waals surface area contributed by atoms with Crippen LogP contribution in [0.4, 0.5) is 10.1 Å². The molecule has 0 radical (unpaired) electrons. The highest BCUT2D eigenvalue weighted by Gasteiger charge is 2.14. The zero-order valence-corrected chi connectivity index (χ0v) is 10.8. The van der Waals surface area contributed by atoms with Gasteiger partial charge in [0.1, 0.15) is 12.4 Å². The minimum Gasteiger partial charge on any atom is -0.478 e. The quantitative estimate of drug-likeness (QED) is 0.724. The minimum atomic E-state index is -1.34. The number of hydrogen-bond acceptors (Lipinski definition) is 5. The van der Waals surface area contributed by atoms with Crippen molar-refractivity contribution in [3.8, 4) is 0 Å². The number of rotatable bonds is 5. The van der Waals surface area contributed by atoms with E-state index in [9.17, 15) is 14.0 Å². The van der Waals surface area contributed by atoms with E-state index < -0.39 is 17.7 Å². The highest BCUT2D eigenvalue weighted by molar-refractivity contribution is 6.00. The lowest BCUT2D eigenvalue weighted by atomic mass is 10.1. The van der Waals surface area contributed by atoms with Gasteiger partial charge in [-0.3, -0.25) is 4.79 Å². The number of carbonyl (C=O) groups excluding carboxylic acids is 1. The molecule has 8 nitrogen and oxygen atoms in total.